The summed E-state index contributed by atoms with van der Waals surface area (Å²) in [6.07, 6.45) is 3.63. The Morgan fingerprint density at radius 1 is 1.05 bits per heavy atom. The number of nitrogens with zero attached hydrogens (tertiary/aromatic N) is 1. The normalized spacial score (nSPS) is 16.5. The minimum Gasteiger partial charge on any atom is -0.494 e. The molecule has 1 aromatic carbocycles. The first-order valence-corrected chi connectivity index (χ1v) is 8.11. The zero-order valence-electron chi connectivity index (χ0n) is 11.3. The third-order valence-corrected chi connectivity index (χ3v) is 4.02. The molecule has 3 nitrogen and oxygen atoms in total. The number of halogens is 1. The molecule has 0 aromatic heterocycles. The molecular weight excluding hydrogens is 353 g/mol. The highest BCUT2D eigenvalue weighted by Gasteiger charge is 2.08. The molecule has 1 saturated heterocycles. The van der Waals surface area contributed by atoms with Gasteiger partial charge in [-0.15, -0.1) is 0 Å². The molecule has 0 atom stereocenters. The molecule has 4 heteroatoms. The first-order valence-electron chi connectivity index (χ1n) is 7.03. The Balaban J connectivity index is 1.49. The molecule has 0 saturated carbocycles. The highest BCUT2D eigenvalue weighted by atomic mass is 127. The van der Waals surface area contributed by atoms with Crippen LogP contribution in [0.15, 0.2) is 24.3 Å². The minimum atomic E-state index is 0.823. The van der Waals surface area contributed by atoms with Gasteiger partial charge in [0, 0.05) is 16.7 Å². The van der Waals surface area contributed by atoms with E-state index in [1.165, 1.54) is 23.0 Å². The molecular formula is C15H22INO2. The van der Waals surface area contributed by atoms with Gasteiger partial charge in [0.05, 0.1) is 19.8 Å². The van der Waals surface area contributed by atoms with Crippen LogP contribution in [0.3, 0.4) is 0 Å². The van der Waals surface area contributed by atoms with Crippen molar-refractivity contribution in [1.82, 2.24) is 4.90 Å². The van der Waals surface area contributed by atoms with Crippen LogP contribution < -0.4 is 4.74 Å². The highest BCUT2D eigenvalue weighted by Crippen LogP contribution is 2.14. The van der Waals surface area contributed by atoms with E-state index in [1.54, 1.807) is 0 Å². The van der Waals surface area contributed by atoms with Crippen LogP contribution in [0.4, 0.5) is 0 Å². The van der Waals surface area contributed by atoms with Gasteiger partial charge in [0.2, 0.25) is 0 Å². The Labute approximate surface area is 129 Å². The number of hydrogen-bond acceptors (Lipinski definition) is 3. The van der Waals surface area contributed by atoms with Crippen LogP contribution in [0, 0.1) is 3.57 Å². The maximum absolute atomic E-state index is 5.72. The standard InChI is InChI=1S/C15H22INO2/c16-14-4-6-15(7-5-14)19-11-3-1-2-8-17-9-12-18-13-10-17/h4-7H,1-3,8-13H2. The number of benzene rings is 1. The fourth-order valence-corrected chi connectivity index (χ4v) is 2.52. The van der Waals surface area contributed by atoms with Crippen molar-refractivity contribution in [1.29, 1.82) is 0 Å². The summed E-state index contributed by atoms with van der Waals surface area (Å²) in [5.74, 6) is 0.980. The van der Waals surface area contributed by atoms with E-state index in [9.17, 15) is 0 Å². The molecule has 1 aromatic rings. The number of unbranched alkanes of at least 4 members (excludes halogenated alkanes) is 2. The summed E-state index contributed by atoms with van der Waals surface area (Å²) >= 11 is 2.30. The summed E-state index contributed by atoms with van der Waals surface area (Å²) < 4.78 is 12.3. The average molecular weight is 375 g/mol. The lowest BCUT2D eigenvalue weighted by molar-refractivity contribution is 0.0370. The molecule has 0 bridgehead atoms. The van der Waals surface area contributed by atoms with E-state index in [2.05, 4.69) is 39.6 Å². The predicted molar refractivity (Wildman–Crippen MR) is 85.8 cm³/mol. The van der Waals surface area contributed by atoms with Crippen molar-refractivity contribution >= 4 is 22.6 Å². The fourth-order valence-electron chi connectivity index (χ4n) is 2.16. The summed E-state index contributed by atoms with van der Waals surface area (Å²) in [6, 6.07) is 8.23. The molecule has 1 heterocycles. The third-order valence-electron chi connectivity index (χ3n) is 3.30. The zero-order chi connectivity index (χ0) is 13.3. The van der Waals surface area contributed by atoms with Gasteiger partial charge >= 0.3 is 0 Å². The van der Waals surface area contributed by atoms with Crippen molar-refractivity contribution in [3.63, 3.8) is 0 Å². The van der Waals surface area contributed by atoms with Crippen molar-refractivity contribution in [2.45, 2.75) is 19.3 Å². The lowest BCUT2D eigenvalue weighted by atomic mass is 10.2. The largest absolute Gasteiger partial charge is 0.494 e. The van der Waals surface area contributed by atoms with Gasteiger partial charge in [0.1, 0.15) is 5.75 Å². The van der Waals surface area contributed by atoms with Crippen LogP contribution >= 0.6 is 22.6 Å². The molecule has 1 fully saturated rings. The summed E-state index contributed by atoms with van der Waals surface area (Å²) in [7, 11) is 0. The van der Waals surface area contributed by atoms with Crippen LogP contribution in [0.5, 0.6) is 5.75 Å². The smallest absolute Gasteiger partial charge is 0.119 e. The summed E-state index contributed by atoms with van der Waals surface area (Å²) in [5, 5.41) is 0. The number of ether oxygens (including phenoxy) is 2. The fraction of sp³-hybridized carbons (Fsp3) is 0.600. The maximum Gasteiger partial charge on any atom is 0.119 e. The van der Waals surface area contributed by atoms with Crippen molar-refractivity contribution in [3.05, 3.63) is 27.8 Å². The molecule has 19 heavy (non-hydrogen) atoms. The Hall–Kier alpha value is -0.330. The molecule has 106 valence electrons. The molecule has 0 amide bonds. The van der Waals surface area contributed by atoms with E-state index in [-0.39, 0.29) is 0 Å². The van der Waals surface area contributed by atoms with Gasteiger partial charge in [0.25, 0.3) is 0 Å². The second-order valence-electron chi connectivity index (χ2n) is 4.82. The number of rotatable bonds is 7. The molecule has 0 aliphatic carbocycles. The van der Waals surface area contributed by atoms with E-state index in [1.807, 2.05) is 12.1 Å². The second-order valence-corrected chi connectivity index (χ2v) is 6.06. The van der Waals surface area contributed by atoms with Gasteiger partial charge in [-0.25, -0.2) is 0 Å². The minimum absolute atomic E-state index is 0.823. The van der Waals surface area contributed by atoms with Crippen LogP contribution in [0.25, 0.3) is 0 Å². The molecule has 1 aliphatic rings. The second kappa shape index (κ2) is 8.76. The van der Waals surface area contributed by atoms with Gasteiger partial charge in [-0.2, -0.15) is 0 Å². The van der Waals surface area contributed by atoms with Crippen molar-refractivity contribution in [2.75, 3.05) is 39.5 Å². The van der Waals surface area contributed by atoms with Crippen LogP contribution in [-0.2, 0) is 4.74 Å². The summed E-state index contributed by atoms with van der Waals surface area (Å²) in [4.78, 5) is 2.49. The Morgan fingerprint density at radius 2 is 1.79 bits per heavy atom. The van der Waals surface area contributed by atoms with Crippen molar-refractivity contribution in [2.24, 2.45) is 0 Å². The quantitative estimate of drug-likeness (QED) is 0.540. The Bertz CT molecular complexity index is 350. The zero-order valence-corrected chi connectivity index (χ0v) is 13.5. The molecule has 0 N–H and O–H groups in total. The lowest BCUT2D eigenvalue weighted by Gasteiger charge is -2.26. The average Bonchev–Trinajstić information content (AvgIpc) is 2.46. The van der Waals surface area contributed by atoms with E-state index in [0.717, 1.165) is 45.1 Å². The molecule has 1 aliphatic heterocycles. The lowest BCUT2D eigenvalue weighted by Crippen LogP contribution is -2.36. The molecule has 2 rings (SSSR count). The summed E-state index contributed by atoms with van der Waals surface area (Å²) in [5.41, 5.74) is 0. The van der Waals surface area contributed by atoms with E-state index >= 15 is 0 Å². The maximum atomic E-state index is 5.72. The van der Waals surface area contributed by atoms with Crippen LogP contribution in [0.1, 0.15) is 19.3 Å². The predicted octanol–water partition coefficient (Wildman–Crippen LogP) is 3.17. The van der Waals surface area contributed by atoms with Gasteiger partial charge in [-0.1, -0.05) is 0 Å². The SMILES string of the molecule is Ic1ccc(OCCCCCN2CCOCC2)cc1. The number of hydrogen-bond donors (Lipinski definition) is 0. The highest BCUT2D eigenvalue weighted by molar-refractivity contribution is 14.1. The van der Waals surface area contributed by atoms with E-state index < -0.39 is 0 Å². The van der Waals surface area contributed by atoms with E-state index in [4.69, 9.17) is 9.47 Å². The first-order chi connectivity index (χ1) is 9.34. The molecule has 0 spiro atoms. The van der Waals surface area contributed by atoms with Crippen LogP contribution in [-0.4, -0.2) is 44.4 Å². The monoisotopic (exact) mass is 375 g/mol. The van der Waals surface area contributed by atoms with Crippen LogP contribution in [0.2, 0.25) is 0 Å². The molecule has 0 radical (unpaired) electrons. The third kappa shape index (κ3) is 6.10. The van der Waals surface area contributed by atoms with Gasteiger partial charge in [-0.05, 0) is 72.7 Å². The number of morpholine rings is 1. The van der Waals surface area contributed by atoms with Gasteiger partial charge in [0.15, 0.2) is 0 Å². The Morgan fingerprint density at radius 3 is 2.53 bits per heavy atom. The van der Waals surface area contributed by atoms with Gasteiger partial charge < -0.3 is 9.47 Å². The van der Waals surface area contributed by atoms with E-state index in [0.29, 0.717) is 0 Å². The topological polar surface area (TPSA) is 21.7 Å². The van der Waals surface area contributed by atoms with Gasteiger partial charge in [-0.3, -0.25) is 4.90 Å². The first kappa shape index (κ1) is 15.1. The molecule has 0 unspecified atom stereocenters. The van der Waals surface area contributed by atoms with Crippen molar-refractivity contribution in [3.8, 4) is 5.75 Å². The summed E-state index contributed by atoms with van der Waals surface area (Å²) in [6.45, 7) is 6.01. The van der Waals surface area contributed by atoms with Crippen molar-refractivity contribution < 1.29 is 9.47 Å². The Kier molecular flexibility index (Phi) is 6.95.